The lowest BCUT2D eigenvalue weighted by Gasteiger charge is -2.50. The van der Waals surface area contributed by atoms with E-state index in [-0.39, 0.29) is 25.1 Å². The minimum atomic E-state index is -0.914. The zero-order valence-electron chi connectivity index (χ0n) is 23.6. The highest BCUT2D eigenvalue weighted by Gasteiger charge is 2.46. The first-order valence-corrected chi connectivity index (χ1v) is 14.2. The van der Waals surface area contributed by atoms with Gasteiger partial charge < -0.3 is 14.9 Å². The number of hydrogen-bond donors (Lipinski definition) is 3. The molecule has 2 atom stereocenters. The predicted octanol–water partition coefficient (Wildman–Crippen LogP) is 3.33. The molecule has 9 heteroatoms. The fourth-order valence-corrected chi connectivity index (χ4v) is 5.71. The standard InChI is InChI=1S/C34H33N3O6/c38-24-29-22-36(23-30(43-29)37-21-25(32(41)35-33(37)42)13-5-1-12-20-31(39)40)34(26-14-6-2-7-15-26,27-16-8-3-9-17-27)28-18-10-4-11-19-28/h2-4,6-11,14-19,21,29-30,38H,1,12,20,22-24H2,(H,39,40)(H,35,41,42). The monoisotopic (exact) mass is 579 g/mol. The van der Waals surface area contributed by atoms with Crippen molar-refractivity contribution in [2.24, 2.45) is 0 Å². The normalized spacial score (nSPS) is 17.1. The number of rotatable bonds is 9. The van der Waals surface area contributed by atoms with E-state index in [9.17, 15) is 19.5 Å². The van der Waals surface area contributed by atoms with Crippen molar-refractivity contribution in [3.8, 4) is 11.8 Å². The Morgan fingerprint density at radius 1 is 0.907 bits per heavy atom. The van der Waals surface area contributed by atoms with E-state index in [1.54, 1.807) is 0 Å². The minimum absolute atomic E-state index is 0.0230. The predicted molar refractivity (Wildman–Crippen MR) is 161 cm³/mol. The van der Waals surface area contributed by atoms with Crippen LogP contribution in [0.5, 0.6) is 0 Å². The Balaban J connectivity index is 1.62. The van der Waals surface area contributed by atoms with Crippen LogP contribution < -0.4 is 11.2 Å². The largest absolute Gasteiger partial charge is 0.481 e. The molecule has 3 N–H and O–H groups in total. The second kappa shape index (κ2) is 13.5. The van der Waals surface area contributed by atoms with Gasteiger partial charge >= 0.3 is 11.7 Å². The van der Waals surface area contributed by atoms with Crippen LogP contribution in [0.2, 0.25) is 0 Å². The number of carbonyl (C=O) groups is 1. The highest BCUT2D eigenvalue weighted by Crippen LogP contribution is 2.44. The Kier molecular flexibility index (Phi) is 9.32. The van der Waals surface area contributed by atoms with Gasteiger partial charge in [0.05, 0.1) is 18.2 Å². The summed E-state index contributed by atoms with van der Waals surface area (Å²) in [5, 5.41) is 19.2. The van der Waals surface area contributed by atoms with Crippen molar-refractivity contribution < 1.29 is 19.7 Å². The zero-order valence-corrected chi connectivity index (χ0v) is 23.6. The molecule has 1 aliphatic rings. The van der Waals surface area contributed by atoms with Crippen LogP contribution in [0.1, 0.15) is 47.7 Å². The average Bonchev–Trinajstić information content (AvgIpc) is 3.03. The number of aliphatic carboxylic acids is 1. The van der Waals surface area contributed by atoms with Gasteiger partial charge in [-0.15, -0.1) is 0 Å². The summed E-state index contributed by atoms with van der Waals surface area (Å²) in [6.07, 6.45) is 0.489. The molecule has 0 radical (unpaired) electrons. The van der Waals surface area contributed by atoms with Gasteiger partial charge in [0.2, 0.25) is 0 Å². The van der Waals surface area contributed by atoms with Gasteiger partial charge in [-0.2, -0.15) is 0 Å². The SMILES string of the molecule is O=C(O)CCCC#Cc1cn(C2CN(C(c3ccccc3)(c3ccccc3)c3ccccc3)CC(CO)O2)c(=O)[nH]c1=O. The number of hydrogen-bond acceptors (Lipinski definition) is 6. The van der Waals surface area contributed by atoms with Crippen LogP contribution in [-0.4, -0.2) is 56.4 Å². The van der Waals surface area contributed by atoms with Crippen molar-refractivity contribution in [1.82, 2.24) is 14.5 Å². The Morgan fingerprint density at radius 3 is 1.98 bits per heavy atom. The molecule has 220 valence electrons. The number of benzene rings is 3. The van der Waals surface area contributed by atoms with Crippen LogP contribution in [0.15, 0.2) is 107 Å². The van der Waals surface area contributed by atoms with Gasteiger partial charge in [0.15, 0.2) is 6.23 Å². The van der Waals surface area contributed by atoms with E-state index in [1.807, 2.05) is 54.6 Å². The molecule has 2 unspecified atom stereocenters. The van der Waals surface area contributed by atoms with E-state index >= 15 is 0 Å². The van der Waals surface area contributed by atoms with E-state index in [0.717, 1.165) is 16.7 Å². The maximum Gasteiger partial charge on any atom is 0.330 e. The quantitative estimate of drug-likeness (QED) is 0.158. The number of ether oxygens (including phenoxy) is 1. The molecule has 0 bridgehead atoms. The first-order chi connectivity index (χ1) is 20.9. The summed E-state index contributed by atoms with van der Waals surface area (Å²) in [7, 11) is 0. The third-order valence-electron chi connectivity index (χ3n) is 7.60. The molecule has 5 rings (SSSR count). The van der Waals surface area contributed by atoms with Crippen molar-refractivity contribution >= 4 is 5.97 Å². The lowest BCUT2D eigenvalue weighted by molar-refractivity contribution is -0.151. The number of nitrogens with one attached hydrogen (secondary N) is 1. The summed E-state index contributed by atoms with van der Waals surface area (Å²) < 4.78 is 7.54. The molecular formula is C34H33N3O6. The van der Waals surface area contributed by atoms with Crippen LogP contribution in [-0.2, 0) is 15.1 Å². The number of aliphatic hydroxyl groups is 1. The first-order valence-electron chi connectivity index (χ1n) is 14.2. The maximum atomic E-state index is 13.1. The summed E-state index contributed by atoms with van der Waals surface area (Å²) in [5.41, 5.74) is 0.985. The smallest absolute Gasteiger partial charge is 0.330 e. The average molecular weight is 580 g/mol. The fraction of sp³-hybridized carbons (Fsp3) is 0.265. The summed E-state index contributed by atoms with van der Waals surface area (Å²) in [4.78, 5) is 41.1. The number of aromatic amines is 1. The number of aliphatic hydroxyl groups excluding tert-OH is 1. The summed E-state index contributed by atoms with van der Waals surface area (Å²) in [6.45, 7) is 0.322. The Hall–Kier alpha value is -4.75. The number of aromatic nitrogens is 2. The molecule has 0 aliphatic carbocycles. The molecule has 1 fully saturated rings. The molecule has 1 saturated heterocycles. The van der Waals surface area contributed by atoms with Gasteiger partial charge in [-0.25, -0.2) is 4.79 Å². The molecular weight excluding hydrogens is 546 g/mol. The van der Waals surface area contributed by atoms with Crippen molar-refractivity contribution in [3.05, 3.63) is 140 Å². The van der Waals surface area contributed by atoms with Gasteiger partial charge in [0.1, 0.15) is 5.56 Å². The second-order valence-corrected chi connectivity index (χ2v) is 10.4. The molecule has 0 saturated carbocycles. The van der Waals surface area contributed by atoms with Crippen LogP contribution in [0, 0.1) is 11.8 Å². The van der Waals surface area contributed by atoms with Crippen molar-refractivity contribution in [2.75, 3.05) is 19.7 Å². The third kappa shape index (κ3) is 6.37. The van der Waals surface area contributed by atoms with Crippen molar-refractivity contribution in [2.45, 2.75) is 37.1 Å². The van der Waals surface area contributed by atoms with Crippen LogP contribution >= 0.6 is 0 Å². The highest BCUT2D eigenvalue weighted by atomic mass is 16.5. The molecule has 1 aliphatic heterocycles. The van der Waals surface area contributed by atoms with E-state index < -0.39 is 35.1 Å². The highest BCUT2D eigenvalue weighted by molar-refractivity contribution is 5.66. The van der Waals surface area contributed by atoms with Crippen LogP contribution in [0.4, 0.5) is 0 Å². The molecule has 1 aromatic heterocycles. The number of carboxylic acids is 1. The molecule has 4 aromatic rings. The van der Waals surface area contributed by atoms with Gasteiger partial charge in [0, 0.05) is 32.1 Å². The lowest BCUT2D eigenvalue weighted by atomic mass is 9.75. The number of morpholine rings is 1. The van der Waals surface area contributed by atoms with Crippen LogP contribution in [0.3, 0.4) is 0 Å². The van der Waals surface area contributed by atoms with E-state index in [0.29, 0.717) is 19.4 Å². The second-order valence-electron chi connectivity index (χ2n) is 10.4. The number of carboxylic acid groups (broad SMARTS) is 1. The molecule has 0 amide bonds. The number of nitrogens with zero attached hydrogens (tertiary/aromatic N) is 2. The molecule has 0 spiro atoms. The molecule has 9 nitrogen and oxygen atoms in total. The van der Waals surface area contributed by atoms with Gasteiger partial charge in [0.25, 0.3) is 5.56 Å². The van der Waals surface area contributed by atoms with E-state index in [1.165, 1.54) is 10.8 Å². The van der Waals surface area contributed by atoms with E-state index in [2.05, 4.69) is 58.1 Å². The van der Waals surface area contributed by atoms with Gasteiger partial charge in [-0.05, 0) is 23.1 Å². The first kappa shape index (κ1) is 29.7. The Morgan fingerprint density at radius 2 is 1.47 bits per heavy atom. The minimum Gasteiger partial charge on any atom is -0.481 e. The number of unbranched alkanes of at least 4 members (excludes halogenated alkanes) is 1. The molecule has 2 heterocycles. The molecule has 3 aromatic carbocycles. The fourth-order valence-electron chi connectivity index (χ4n) is 5.71. The van der Waals surface area contributed by atoms with Gasteiger partial charge in [-0.3, -0.25) is 24.0 Å². The summed E-state index contributed by atoms with van der Waals surface area (Å²) in [6, 6.07) is 30.3. The summed E-state index contributed by atoms with van der Waals surface area (Å²) in [5.74, 6) is 4.68. The van der Waals surface area contributed by atoms with Gasteiger partial charge in [-0.1, -0.05) is 103 Å². The third-order valence-corrected chi connectivity index (χ3v) is 7.60. The van der Waals surface area contributed by atoms with E-state index in [4.69, 9.17) is 9.84 Å². The zero-order chi connectivity index (χ0) is 30.2. The topological polar surface area (TPSA) is 125 Å². The lowest BCUT2D eigenvalue weighted by Crippen LogP contribution is -2.58. The molecule has 43 heavy (non-hydrogen) atoms. The Labute approximate surface area is 249 Å². The maximum absolute atomic E-state index is 13.1. The Bertz CT molecular complexity index is 1610. The number of H-pyrrole nitrogens is 1. The van der Waals surface area contributed by atoms with Crippen molar-refractivity contribution in [3.63, 3.8) is 0 Å². The van der Waals surface area contributed by atoms with Crippen molar-refractivity contribution in [1.29, 1.82) is 0 Å². The van der Waals surface area contributed by atoms with Crippen LogP contribution in [0.25, 0.3) is 0 Å². The summed E-state index contributed by atoms with van der Waals surface area (Å²) >= 11 is 0.